The third-order valence-electron chi connectivity index (χ3n) is 2.86. The number of benzene rings is 1. The number of halogens is 1. The Bertz CT molecular complexity index is 639. The molecule has 0 saturated heterocycles. The molecular formula is C15H13ClN2O2. The normalized spacial score (nSPS) is 10.1. The van der Waals surface area contributed by atoms with Crippen molar-refractivity contribution in [1.29, 1.82) is 0 Å². The van der Waals surface area contributed by atoms with E-state index in [-0.39, 0.29) is 18.1 Å². The van der Waals surface area contributed by atoms with E-state index in [2.05, 4.69) is 10.3 Å². The summed E-state index contributed by atoms with van der Waals surface area (Å²) in [6.45, 7) is 0. The molecular weight excluding hydrogens is 276 g/mol. The molecule has 102 valence electrons. The lowest BCUT2D eigenvalue weighted by molar-refractivity contribution is 0.0961. The number of hydrogen-bond acceptors (Lipinski definition) is 3. The first-order valence-corrected chi connectivity index (χ1v) is 6.44. The van der Waals surface area contributed by atoms with E-state index in [1.165, 1.54) is 0 Å². The molecule has 4 nitrogen and oxygen atoms in total. The number of aromatic nitrogens is 1. The first-order valence-electron chi connectivity index (χ1n) is 6.06. The van der Waals surface area contributed by atoms with Crippen LogP contribution in [0.3, 0.4) is 0 Å². The summed E-state index contributed by atoms with van der Waals surface area (Å²) in [5, 5.41) is 3.11. The van der Waals surface area contributed by atoms with Crippen molar-refractivity contribution in [3.8, 4) is 0 Å². The largest absolute Gasteiger partial charge is 0.355 e. The molecule has 2 aromatic rings. The van der Waals surface area contributed by atoms with Crippen LogP contribution >= 0.6 is 11.6 Å². The Labute approximate surface area is 121 Å². The van der Waals surface area contributed by atoms with Crippen molar-refractivity contribution in [2.24, 2.45) is 0 Å². The van der Waals surface area contributed by atoms with Gasteiger partial charge in [0, 0.05) is 23.8 Å². The highest BCUT2D eigenvalue weighted by Crippen LogP contribution is 2.13. The maximum atomic E-state index is 12.2. The number of ketones is 1. The van der Waals surface area contributed by atoms with E-state index in [9.17, 15) is 9.59 Å². The van der Waals surface area contributed by atoms with Crippen LogP contribution in [0.1, 0.15) is 26.4 Å². The van der Waals surface area contributed by atoms with Crippen LogP contribution in [0.4, 0.5) is 0 Å². The van der Waals surface area contributed by atoms with Crippen molar-refractivity contribution in [2.75, 3.05) is 7.05 Å². The molecule has 0 spiro atoms. The zero-order valence-corrected chi connectivity index (χ0v) is 11.6. The molecule has 5 heteroatoms. The molecule has 2 rings (SSSR count). The average molecular weight is 289 g/mol. The van der Waals surface area contributed by atoms with Crippen molar-refractivity contribution in [3.05, 3.63) is 64.4 Å². The highest BCUT2D eigenvalue weighted by atomic mass is 35.5. The highest BCUT2D eigenvalue weighted by Gasteiger charge is 2.15. The highest BCUT2D eigenvalue weighted by molar-refractivity contribution is 6.30. The Kier molecular flexibility index (Phi) is 4.48. The van der Waals surface area contributed by atoms with E-state index in [0.717, 1.165) is 0 Å². The van der Waals surface area contributed by atoms with Crippen molar-refractivity contribution < 1.29 is 9.59 Å². The van der Waals surface area contributed by atoms with E-state index in [0.29, 0.717) is 21.8 Å². The first-order chi connectivity index (χ1) is 9.61. The van der Waals surface area contributed by atoms with Gasteiger partial charge < -0.3 is 5.32 Å². The Hall–Kier alpha value is -2.20. The smallest absolute Gasteiger partial charge is 0.252 e. The SMILES string of the molecule is CNC(=O)c1cccnc1CC(=O)c1ccc(Cl)cc1. The van der Waals surface area contributed by atoms with Crippen LogP contribution < -0.4 is 5.32 Å². The molecule has 0 aliphatic rings. The van der Waals surface area contributed by atoms with Crippen LogP contribution in [0.25, 0.3) is 0 Å². The fourth-order valence-corrected chi connectivity index (χ4v) is 1.94. The summed E-state index contributed by atoms with van der Waals surface area (Å²) in [7, 11) is 1.54. The third-order valence-corrected chi connectivity index (χ3v) is 3.11. The summed E-state index contributed by atoms with van der Waals surface area (Å²) >= 11 is 5.79. The minimum Gasteiger partial charge on any atom is -0.355 e. The predicted molar refractivity (Wildman–Crippen MR) is 77.1 cm³/mol. The molecule has 0 bridgehead atoms. The fraction of sp³-hybridized carbons (Fsp3) is 0.133. The molecule has 1 N–H and O–H groups in total. The molecule has 0 aliphatic heterocycles. The number of nitrogens with zero attached hydrogens (tertiary/aromatic N) is 1. The molecule has 20 heavy (non-hydrogen) atoms. The van der Waals surface area contributed by atoms with Gasteiger partial charge in [0.1, 0.15) is 0 Å². The lowest BCUT2D eigenvalue weighted by Gasteiger charge is -2.06. The molecule has 0 saturated carbocycles. The molecule has 0 atom stereocenters. The van der Waals surface area contributed by atoms with E-state index < -0.39 is 0 Å². The zero-order valence-electron chi connectivity index (χ0n) is 10.9. The van der Waals surface area contributed by atoms with Crippen LogP contribution in [0, 0.1) is 0 Å². The molecule has 0 radical (unpaired) electrons. The standard InChI is InChI=1S/C15H13ClN2O2/c1-17-15(20)12-3-2-8-18-13(12)9-14(19)10-4-6-11(16)7-5-10/h2-8H,9H2,1H3,(H,17,20). The number of Topliss-reactive ketones (excluding diaryl/α,β-unsaturated/α-hetero) is 1. The van der Waals surface area contributed by atoms with Crippen LogP contribution in [0.15, 0.2) is 42.6 Å². The lowest BCUT2D eigenvalue weighted by atomic mass is 10.0. The number of hydrogen-bond donors (Lipinski definition) is 1. The van der Waals surface area contributed by atoms with Crippen LogP contribution in [0.2, 0.25) is 5.02 Å². The number of nitrogens with one attached hydrogen (secondary N) is 1. The number of amides is 1. The monoisotopic (exact) mass is 288 g/mol. The van der Waals surface area contributed by atoms with E-state index in [4.69, 9.17) is 11.6 Å². The second-order valence-corrected chi connectivity index (χ2v) is 4.62. The van der Waals surface area contributed by atoms with Gasteiger partial charge in [0.15, 0.2) is 5.78 Å². The number of carbonyl (C=O) groups excluding carboxylic acids is 2. The summed E-state index contributed by atoms with van der Waals surface area (Å²) in [5.74, 6) is -0.359. The summed E-state index contributed by atoms with van der Waals surface area (Å²) in [5.41, 5.74) is 1.42. The van der Waals surface area contributed by atoms with Gasteiger partial charge in [-0.1, -0.05) is 11.6 Å². The zero-order chi connectivity index (χ0) is 14.5. The molecule has 1 amide bonds. The van der Waals surface area contributed by atoms with Crippen LogP contribution in [-0.4, -0.2) is 23.7 Å². The average Bonchev–Trinajstić information content (AvgIpc) is 2.47. The van der Waals surface area contributed by atoms with E-state index in [1.54, 1.807) is 49.6 Å². The van der Waals surface area contributed by atoms with Crippen LogP contribution in [0.5, 0.6) is 0 Å². The quantitative estimate of drug-likeness (QED) is 0.880. The van der Waals surface area contributed by atoms with Crippen molar-refractivity contribution in [3.63, 3.8) is 0 Å². The Morgan fingerprint density at radius 1 is 1.20 bits per heavy atom. The van der Waals surface area contributed by atoms with Gasteiger partial charge in [-0.2, -0.15) is 0 Å². The Morgan fingerprint density at radius 3 is 2.55 bits per heavy atom. The lowest BCUT2D eigenvalue weighted by Crippen LogP contribution is -2.21. The molecule has 0 fully saturated rings. The number of carbonyl (C=O) groups is 2. The number of rotatable bonds is 4. The van der Waals surface area contributed by atoms with Gasteiger partial charge in [-0.25, -0.2) is 0 Å². The molecule has 0 aliphatic carbocycles. The molecule has 1 heterocycles. The van der Waals surface area contributed by atoms with E-state index >= 15 is 0 Å². The Morgan fingerprint density at radius 2 is 1.90 bits per heavy atom. The van der Waals surface area contributed by atoms with Crippen LogP contribution in [-0.2, 0) is 6.42 Å². The van der Waals surface area contributed by atoms with Gasteiger partial charge in [0.05, 0.1) is 17.7 Å². The van der Waals surface area contributed by atoms with Gasteiger partial charge in [0.2, 0.25) is 0 Å². The summed E-state index contributed by atoms with van der Waals surface area (Å²) in [6.07, 6.45) is 1.64. The van der Waals surface area contributed by atoms with Gasteiger partial charge in [-0.3, -0.25) is 14.6 Å². The minimum absolute atomic E-state index is 0.0746. The van der Waals surface area contributed by atoms with Gasteiger partial charge in [0.25, 0.3) is 5.91 Å². The first kappa shape index (κ1) is 14.2. The summed E-state index contributed by atoms with van der Waals surface area (Å²) in [6, 6.07) is 9.96. The topological polar surface area (TPSA) is 59.1 Å². The van der Waals surface area contributed by atoms with Crippen molar-refractivity contribution in [2.45, 2.75) is 6.42 Å². The minimum atomic E-state index is -0.253. The Balaban J connectivity index is 2.24. The van der Waals surface area contributed by atoms with Gasteiger partial charge >= 0.3 is 0 Å². The number of pyridine rings is 1. The second-order valence-electron chi connectivity index (χ2n) is 4.18. The van der Waals surface area contributed by atoms with Crippen molar-refractivity contribution >= 4 is 23.3 Å². The van der Waals surface area contributed by atoms with Gasteiger partial charge in [-0.15, -0.1) is 0 Å². The molecule has 1 aromatic carbocycles. The third kappa shape index (κ3) is 3.22. The van der Waals surface area contributed by atoms with Gasteiger partial charge in [-0.05, 0) is 36.4 Å². The summed E-state index contributed by atoms with van der Waals surface area (Å²) < 4.78 is 0. The maximum Gasteiger partial charge on any atom is 0.252 e. The fourth-order valence-electron chi connectivity index (χ4n) is 1.81. The predicted octanol–water partition coefficient (Wildman–Crippen LogP) is 2.52. The second kappa shape index (κ2) is 6.30. The maximum absolute atomic E-state index is 12.2. The molecule has 0 unspecified atom stereocenters. The summed E-state index contributed by atoms with van der Waals surface area (Å²) in [4.78, 5) is 28.0. The van der Waals surface area contributed by atoms with Crippen molar-refractivity contribution in [1.82, 2.24) is 10.3 Å². The molecule has 1 aromatic heterocycles. The van der Waals surface area contributed by atoms with E-state index in [1.807, 2.05) is 0 Å².